The van der Waals surface area contributed by atoms with Gasteiger partial charge in [-0.1, -0.05) is 19.1 Å². The predicted molar refractivity (Wildman–Crippen MR) is 49.6 cm³/mol. The molecule has 0 amide bonds. The molecule has 0 saturated heterocycles. The molecule has 1 aromatic rings. The third-order valence-corrected chi connectivity index (χ3v) is 2.40. The Morgan fingerprint density at radius 3 is 2.83 bits per heavy atom. The molecule has 1 atom stereocenters. The highest BCUT2D eigenvalue weighted by atomic mass is 79.9. The van der Waals surface area contributed by atoms with Gasteiger partial charge < -0.3 is 5.11 Å². The van der Waals surface area contributed by atoms with E-state index in [1.54, 1.807) is 25.1 Å². The first kappa shape index (κ1) is 9.68. The molecule has 1 unspecified atom stereocenters. The van der Waals surface area contributed by atoms with Gasteiger partial charge in [-0.25, -0.2) is 4.39 Å². The van der Waals surface area contributed by atoms with Crippen LogP contribution in [0.15, 0.2) is 22.7 Å². The lowest BCUT2D eigenvalue weighted by molar-refractivity contribution is 0.270. The molecule has 66 valence electrons. The second-order valence-corrected chi connectivity index (χ2v) is 3.58. The molecule has 0 heterocycles. The number of benzene rings is 1. The Kier molecular flexibility index (Phi) is 3.23. The summed E-state index contributed by atoms with van der Waals surface area (Å²) in [5.41, 5.74) is 0.548. The Bertz CT molecular complexity index is 275. The Labute approximate surface area is 79.4 Å². The molecule has 1 nitrogen and oxygen atoms in total. The average Bonchev–Trinajstić information content (AvgIpc) is 2.08. The van der Waals surface area contributed by atoms with E-state index >= 15 is 0 Å². The molecule has 12 heavy (non-hydrogen) atoms. The first-order valence-electron chi connectivity index (χ1n) is 3.71. The standard InChI is InChI=1S/C9H10BrFO/c1-6(5-12)7-3-2-4-8(10)9(7)11/h2-4,6,12H,5H2,1H3. The smallest absolute Gasteiger partial charge is 0.140 e. The van der Waals surface area contributed by atoms with Crippen molar-refractivity contribution in [3.05, 3.63) is 34.1 Å². The van der Waals surface area contributed by atoms with E-state index in [1.807, 2.05) is 0 Å². The molecular weight excluding hydrogens is 223 g/mol. The van der Waals surface area contributed by atoms with Crippen molar-refractivity contribution in [1.29, 1.82) is 0 Å². The summed E-state index contributed by atoms with van der Waals surface area (Å²) in [6.07, 6.45) is 0. The minimum absolute atomic E-state index is 0.0344. The van der Waals surface area contributed by atoms with Crippen molar-refractivity contribution < 1.29 is 9.50 Å². The van der Waals surface area contributed by atoms with E-state index in [-0.39, 0.29) is 18.3 Å². The van der Waals surface area contributed by atoms with Crippen LogP contribution in [0.2, 0.25) is 0 Å². The van der Waals surface area contributed by atoms with Gasteiger partial charge in [0.1, 0.15) is 5.82 Å². The lowest BCUT2D eigenvalue weighted by atomic mass is 10.0. The van der Waals surface area contributed by atoms with E-state index in [0.29, 0.717) is 10.0 Å². The number of aliphatic hydroxyl groups is 1. The van der Waals surface area contributed by atoms with E-state index in [1.165, 1.54) is 0 Å². The number of aliphatic hydroxyl groups excluding tert-OH is 1. The number of halogens is 2. The summed E-state index contributed by atoms with van der Waals surface area (Å²) < 4.78 is 13.7. The summed E-state index contributed by atoms with van der Waals surface area (Å²) >= 11 is 3.09. The fraction of sp³-hybridized carbons (Fsp3) is 0.333. The summed E-state index contributed by atoms with van der Waals surface area (Å²) in [6, 6.07) is 5.08. The van der Waals surface area contributed by atoms with Gasteiger partial charge in [0.2, 0.25) is 0 Å². The SMILES string of the molecule is CC(CO)c1cccc(Br)c1F. The van der Waals surface area contributed by atoms with Gasteiger partial charge in [-0.05, 0) is 27.6 Å². The van der Waals surface area contributed by atoms with Crippen molar-refractivity contribution in [2.45, 2.75) is 12.8 Å². The van der Waals surface area contributed by atoms with Crippen molar-refractivity contribution in [2.75, 3.05) is 6.61 Å². The average molecular weight is 233 g/mol. The Balaban J connectivity index is 3.07. The second kappa shape index (κ2) is 4.01. The monoisotopic (exact) mass is 232 g/mol. The zero-order chi connectivity index (χ0) is 9.14. The van der Waals surface area contributed by atoms with Gasteiger partial charge in [-0.15, -0.1) is 0 Å². The molecule has 0 aliphatic heterocycles. The maximum Gasteiger partial charge on any atom is 0.140 e. The Hall–Kier alpha value is -0.410. The van der Waals surface area contributed by atoms with Gasteiger partial charge in [0.15, 0.2) is 0 Å². The molecule has 1 N–H and O–H groups in total. The van der Waals surface area contributed by atoms with Crippen LogP contribution in [0.3, 0.4) is 0 Å². The molecule has 0 radical (unpaired) electrons. The largest absolute Gasteiger partial charge is 0.396 e. The summed E-state index contributed by atoms with van der Waals surface area (Å²) in [4.78, 5) is 0. The maximum atomic E-state index is 13.3. The molecule has 0 fully saturated rings. The van der Waals surface area contributed by atoms with Gasteiger partial charge >= 0.3 is 0 Å². The van der Waals surface area contributed by atoms with Crippen LogP contribution in [0.4, 0.5) is 4.39 Å². The van der Waals surface area contributed by atoms with E-state index in [9.17, 15) is 4.39 Å². The molecule has 0 aliphatic rings. The second-order valence-electron chi connectivity index (χ2n) is 2.73. The van der Waals surface area contributed by atoms with Crippen LogP contribution in [-0.2, 0) is 0 Å². The summed E-state index contributed by atoms with van der Waals surface area (Å²) in [6.45, 7) is 1.75. The molecule has 0 aliphatic carbocycles. The maximum absolute atomic E-state index is 13.3. The highest BCUT2D eigenvalue weighted by Gasteiger charge is 2.11. The molecular formula is C9H10BrFO. The number of hydrogen-bond acceptors (Lipinski definition) is 1. The van der Waals surface area contributed by atoms with E-state index < -0.39 is 0 Å². The molecule has 0 bridgehead atoms. The van der Waals surface area contributed by atoms with Gasteiger partial charge in [0.25, 0.3) is 0 Å². The van der Waals surface area contributed by atoms with Crippen molar-refractivity contribution in [3.63, 3.8) is 0 Å². The minimum atomic E-state index is -0.279. The van der Waals surface area contributed by atoms with E-state index in [2.05, 4.69) is 15.9 Å². The van der Waals surface area contributed by atoms with Crippen molar-refractivity contribution in [3.8, 4) is 0 Å². The third-order valence-electron chi connectivity index (χ3n) is 1.79. The van der Waals surface area contributed by atoms with E-state index in [0.717, 1.165) is 0 Å². The van der Waals surface area contributed by atoms with Crippen molar-refractivity contribution in [2.24, 2.45) is 0 Å². The summed E-state index contributed by atoms with van der Waals surface area (Å²) in [5.74, 6) is -0.429. The molecule has 1 aromatic carbocycles. The first-order chi connectivity index (χ1) is 5.66. The van der Waals surface area contributed by atoms with Crippen molar-refractivity contribution >= 4 is 15.9 Å². The quantitative estimate of drug-likeness (QED) is 0.832. The zero-order valence-corrected chi connectivity index (χ0v) is 8.31. The minimum Gasteiger partial charge on any atom is -0.396 e. The topological polar surface area (TPSA) is 20.2 Å². The van der Waals surface area contributed by atoms with Crippen LogP contribution < -0.4 is 0 Å². The zero-order valence-electron chi connectivity index (χ0n) is 6.72. The van der Waals surface area contributed by atoms with Crippen LogP contribution in [0.5, 0.6) is 0 Å². The number of rotatable bonds is 2. The van der Waals surface area contributed by atoms with Gasteiger partial charge in [-0.2, -0.15) is 0 Å². The van der Waals surface area contributed by atoms with Crippen molar-refractivity contribution in [1.82, 2.24) is 0 Å². The molecule has 0 aromatic heterocycles. The van der Waals surface area contributed by atoms with Crippen LogP contribution in [-0.4, -0.2) is 11.7 Å². The molecule has 3 heteroatoms. The predicted octanol–water partition coefficient (Wildman–Crippen LogP) is 2.68. The molecule has 1 rings (SSSR count). The number of hydrogen-bond donors (Lipinski definition) is 1. The Morgan fingerprint density at radius 2 is 2.25 bits per heavy atom. The lowest BCUT2D eigenvalue weighted by Crippen LogP contribution is -2.01. The van der Waals surface area contributed by atoms with Gasteiger partial charge in [-0.3, -0.25) is 0 Å². The summed E-state index contributed by atoms with van der Waals surface area (Å²) in [7, 11) is 0. The lowest BCUT2D eigenvalue weighted by Gasteiger charge is -2.09. The molecule has 0 saturated carbocycles. The van der Waals surface area contributed by atoms with E-state index in [4.69, 9.17) is 5.11 Å². The fourth-order valence-corrected chi connectivity index (χ4v) is 1.38. The third kappa shape index (κ3) is 1.84. The van der Waals surface area contributed by atoms with Crippen LogP contribution in [0.1, 0.15) is 18.4 Å². The summed E-state index contributed by atoms with van der Waals surface area (Å²) in [5, 5.41) is 8.82. The highest BCUT2D eigenvalue weighted by molar-refractivity contribution is 9.10. The molecule has 0 spiro atoms. The van der Waals surface area contributed by atoms with Crippen LogP contribution in [0, 0.1) is 5.82 Å². The van der Waals surface area contributed by atoms with Crippen LogP contribution >= 0.6 is 15.9 Å². The Morgan fingerprint density at radius 1 is 1.58 bits per heavy atom. The van der Waals surface area contributed by atoms with Gasteiger partial charge in [0.05, 0.1) is 4.47 Å². The van der Waals surface area contributed by atoms with Crippen LogP contribution in [0.25, 0.3) is 0 Å². The van der Waals surface area contributed by atoms with Gasteiger partial charge in [0, 0.05) is 12.5 Å². The first-order valence-corrected chi connectivity index (χ1v) is 4.51. The normalized spacial score (nSPS) is 13.0. The highest BCUT2D eigenvalue weighted by Crippen LogP contribution is 2.24. The fourth-order valence-electron chi connectivity index (χ4n) is 0.999.